The second-order valence-corrected chi connectivity index (χ2v) is 3.71. The number of hydrogen-bond acceptors (Lipinski definition) is 3. The fraction of sp³-hybridized carbons (Fsp3) is 0.333. The van der Waals surface area contributed by atoms with Crippen LogP contribution in [-0.2, 0) is 0 Å². The molecule has 0 N–H and O–H groups in total. The molecule has 0 bridgehead atoms. The predicted molar refractivity (Wildman–Crippen MR) is 51.8 cm³/mol. The van der Waals surface area contributed by atoms with Crippen molar-refractivity contribution in [3.8, 4) is 0 Å². The minimum Gasteiger partial charge on any atom is -0.361 e. The fourth-order valence-corrected chi connectivity index (χ4v) is 1.03. The molecule has 0 radical (unpaired) electrons. The lowest BCUT2D eigenvalue weighted by Gasteiger charge is -2.10. The highest BCUT2D eigenvalue weighted by Crippen LogP contribution is 2.19. The van der Waals surface area contributed by atoms with Crippen LogP contribution in [0, 0.1) is 0 Å². The minimum atomic E-state index is 0.725. The number of aromatic nitrogens is 2. The van der Waals surface area contributed by atoms with E-state index in [4.69, 9.17) is 0 Å². The molecule has 0 fully saturated rings. The Balaban J connectivity index is 3.05. The zero-order valence-corrected chi connectivity index (χ0v) is 9.35. The zero-order chi connectivity index (χ0) is 8.43. The van der Waals surface area contributed by atoms with Gasteiger partial charge in [-0.1, -0.05) is 0 Å². The molecular formula is C6H7Br2N3. The van der Waals surface area contributed by atoms with Crippen molar-refractivity contribution in [3.63, 3.8) is 0 Å². The second kappa shape index (κ2) is 3.49. The van der Waals surface area contributed by atoms with Gasteiger partial charge in [-0.2, -0.15) is 0 Å². The van der Waals surface area contributed by atoms with E-state index in [-0.39, 0.29) is 0 Å². The molecule has 5 heteroatoms. The van der Waals surface area contributed by atoms with Crippen molar-refractivity contribution >= 4 is 37.7 Å². The summed E-state index contributed by atoms with van der Waals surface area (Å²) >= 11 is 6.51. The molecule has 1 aromatic heterocycles. The molecule has 1 rings (SSSR count). The van der Waals surface area contributed by atoms with Gasteiger partial charge in [-0.15, -0.1) is 0 Å². The first-order chi connectivity index (χ1) is 5.11. The van der Waals surface area contributed by atoms with Crippen molar-refractivity contribution in [1.82, 2.24) is 9.97 Å². The standard InChI is InChI=1S/C6H7Br2N3/c1-11(2)4-3-9-5(7)6(8)10-4/h3H,1-2H3. The van der Waals surface area contributed by atoms with E-state index in [1.165, 1.54) is 0 Å². The van der Waals surface area contributed by atoms with E-state index in [1.54, 1.807) is 6.20 Å². The number of halogens is 2. The van der Waals surface area contributed by atoms with Crippen molar-refractivity contribution in [1.29, 1.82) is 0 Å². The average Bonchev–Trinajstić information content (AvgIpc) is 1.94. The summed E-state index contributed by atoms with van der Waals surface area (Å²) in [4.78, 5) is 10.2. The molecule has 0 aliphatic carbocycles. The van der Waals surface area contributed by atoms with Crippen LogP contribution in [0.2, 0.25) is 0 Å². The minimum absolute atomic E-state index is 0.725. The third kappa shape index (κ3) is 2.13. The maximum absolute atomic E-state index is 4.21. The molecule has 0 atom stereocenters. The van der Waals surface area contributed by atoms with E-state index in [0.29, 0.717) is 0 Å². The Kier molecular flexibility index (Phi) is 2.84. The molecule has 0 spiro atoms. The first-order valence-corrected chi connectivity index (χ1v) is 4.55. The van der Waals surface area contributed by atoms with Crippen LogP contribution < -0.4 is 4.90 Å². The van der Waals surface area contributed by atoms with Gasteiger partial charge in [-0.25, -0.2) is 9.97 Å². The Morgan fingerprint density at radius 3 is 2.36 bits per heavy atom. The van der Waals surface area contributed by atoms with E-state index in [2.05, 4.69) is 41.8 Å². The van der Waals surface area contributed by atoms with Crippen LogP contribution >= 0.6 is 31.9 Å². The van der Waals surface area contributed by atoms with E-state index in [1.807, 2.05) is 19.0 Å². The maximum Gasteiger partial charge on any atom is 0.148 e. The summed E-state index contributed by atoms with van der Waals surface area (Å²) in [6, 6.07) is 0. The Labute approximate surface area is 82.1 Å². The fourth-order valence-electron chi connectivity index (χ4n) is 0.559. The average molecular weight is 281 g/mol. The third-order valence-corrected chi connectivity index (χ3v) is 2.80. The summed E-state index contributed by atoms with van der Waals surface area (Å²) in [5.41, 5.74) is 0. The van der Waals surface area contributed by atoms with Crippen molar-refractivity contribution < 1.29 is 0 Å². The van der Waals surface area contributed by atoms with E-state index in [0.717, 1.165) is 15.0 Å². The van der Waals surface area contributed by atoms with Crippen molar-refractivity contribution in [2.24, 2.45) is 0 Å². The number of hydrogen-bond donors (Lipinski definition) is 0. The van der Waals surface area contributed by atoms with Crippen LogP contribution in [0.5, 0.6) is 0 Å². The van der Waals surface area contributed by atoms with Crippen LogP contribution in [0.3, 0.4) is 0 Å². The largest absolute Gasteiger partial charge is 0.361 e. The van der Waals surface area contributed by atoms with E-state index in [9.17, 15) is 0 Å². The summed E-state index contributed by atoms with van der Waals surface area (Å²) in [5.74, 6) is 0.833. The van der Waals surface area contributed by atoms with Gasteiger partial charge < -0.3 is 4.90 Å². The van der Waals surface area contributed by atoms with Gasteiger partial charge in [0.1, 0.15) is 15.0 Å². The third-order valence-electron chi connectivity index (χ3n) is 1.13. The van der Waals surface area contributed by atoms with Crippen molar-refractivity contribution in [2.45, 2.75) is 0 Å². The summed E-state index contributed by atoms with van der Waals surface area (Å²) in [6.45, 7) is 0. The SMILES string of the molecule is CN(C)c1cnc(Br)c(Br)n1. The number of nitrogens with zero attached hydrogens (tertiary/aromatic N) is 3. The summed E-state index contributed by atoms with van der Waals surface area (Å²) < 4.78 is 1.45. The molecule has 0 aliphatic rings. The van der Waals surface area contributed by atoms with Gasteiger partial charge in [-0.3, -0.25) is 0 Å². The van der Waals surface area contributed by atoms with Crippen molar-refractivity contribution in [3.05, 3.63) is 15.4 Å². The highest BCUT2D eigenvalue weighted by molar-refractivity contribution is 9.13. The van der Waals surface area contributed by atoms with Gasteiger partial charge in [0, 0.05) is 14.1 Å². The van der Waals surface area contributed by atoms with E-state index >= 15 is 0 Å². The van der Waals surface area contributed by atoms with Gasteiger partial charge in [0.15, 0.2) is 0 Å². The van der Waals surface area contributed by atoms with E-state index < -0.39 is 0 Å². The topological polar surface area (TPSA) is 29.0 Å². The Morgan fingerprint density at radius 1 is 1.27 bits per heavy atom. The normalized spacial score (nSPS) is 9.82. The quantitative estimate of drug-likeness (QED) is 0.789. The maximum atomic E-state index is 4.21. The van der Waals surface area contributed by atoms with Crippen LogP contribution in [0.15, 0.2) is 15.4 Å². The van der Waals surface area contributed by atoms with Gasteiger partial charge >= 0.3 is 0 Å². The van der Waals surface area contributed by atoms with Gasteiger partial charge in [0.25, 0.3) is 0 Å². The number of rotatable bonds is 1. The molecule has 0 amide bonds. The molecule has 60 valence electrons. The molecule has 11 heavy (non-hydrogen) atoms. The molecule has 3 nitrogen and oxygen atoms in total. The van der Waals surface area contributed by atoms with Crippen molar-refractivity contribution in [2.75, 3.05) is 19.0 Å². The molecule has 0 aromatic carbocycles. The lowest BCUT2D eigenvalue weighted by atomic mass is 10.6. The molecule has 0 unspecified atom stereocenters. The highest BCUT2D eigenvalue weighted by Gasteiger charge is 2.01. The van der Waals surface area contributed by atoms with Crippen LogP contribution in [0.1, 0.15) is 0 Å². The number of anilines is 1. The summed E-state index contributed by atoms with van der Waals surface area (Å²) in [7, 11) is 3.84. The first kappa shape index (κ1) is 8.93. The molecule has 0 aliphatic heterocycles. The van der Waals surface area contributed by atoms with Crippen LogP contribution in [-0.4, -0.2) is 24.1 Å². The van der Waals surface area contributed by atoms with Gasteiger partial charge in [-0.05, 0) is 31.9 Å². The lowest BCUT2D eigenvalue weighted by Crippen LogP contribution is -2.11. The Morgan fingerprint density at radius 2 is 1.91 bits per heavy atom. The second-order valence-electron chi connectivity index (χ2n) is 2.20. The monoisotopic (exact) mass is 279 g/mol. The molecule has 0 saturated carbocycles. The van der Waals surface area contributed by atoms with Gasteiger partial charge in [0.2, 0.25) is 0 Å². The first-order valence-electron chi connectivity index (χ1n) is 2.96. The highest BCUT2D eigenvalue weighted by atomic mass is 79.9. The zero-order valence-electron chi connectivity index (χ0n) is 6.17. The molecule has 1 aromatic rings. The Bertz CT molecular complexity index is 262. The molecular weight excluding hydrogens is 274 g/mol. The summed E-state index contributed by atoms with van der Waals surface area (Å²) in [5, 5.41) is 0. The lowest BCUT2D eigenvalue weighted by molar-refractivity contribution is 1.01. The summed E-state index contributed by atoms with van der Waals surface area (Å²) in [6.07, 6.45) is 1.70. The van der Waals surface area contributed by atoms with Crippen LogP contribution in [0.25, 0.3) is 0 Å². The Hall–Kier alpha value is -0.160. The molecule has 1 heterocycles. The predicted octanol–water partition coefficient (Wildman–Crippen LogP) is 2.07. The van der Waals surface area contributed by atoms with Crippen LogP contribution in [0.4, 0.5) is 5.82 Å². The smallest absolute Gasteiger partial charge is 0.148 e. The molecule has 0 saturated heterocycles. The van der Waals surface area contributed by atoms with Gasteiger partial charge in [0.05, 0.1) is 6.20 Å².